The van der Waals surface area contributed by atoms with E-state index in [2.05, 4.69) is 38.2 Å². The fraction of sp³-hybridized carbons (Fsp3) is 0.571. The monoisotopic (exact) mass is 220 g/mol. The van der Waals surface area contributed by atoms with Crippen LogP contribution >= 0.6 is 0 Å². The Morgan fingerprint density at radius 3 is 2.50 bits per heavy atom. The van der Waals surface area contributed by atoms with E-state index in [4.69, 9.17) is 5.73 Å². The minimum Gasteiger partial charge on any atom is -0.321 e. The zero-order chi connectivity index (χ0) is 12.0. The molecule has 0 aliphatic carbocycles. The van der Waals surface area contributed by atoms with Crippen molar-refractivity contribution in [2.24, 2.45) is 11.7 Å². The molecule has 2 heteroatoms. The van der Waals surface area contributed by atoms with E-state index in [1.54, 1.807) is 0 Å². The molecule has 2 nitrogen and oxygen atoms in total. The summed E-state index contributed by atoms with van der Waals surface area (Å²) in [7, 11) is 0. The van der Waals surface area contributed by atoms with Gasteiger partial charge in [0.15, 0.2) is 0 Å². The second-order valence-corrected chi connectivity index (χ2v) is 4.93. The van der Waals surface area contributed by atoms with Gasteiger partial charge in [0.2, 0.25) is 0 Å². The maximum atomic E-state index is 6.30. The highest BCUT2D eigenvalue weighted by Crippen LogP contribution is 2.16. The fourth-order valence-corrected chi connectivity index (χ4v) is 1.64. The van der Waals surface area contributed by atoms with Crippen molar-refractivity contribution >= 4 is 0 Å². The summed E-state index contributed by atoms with van der Waals surface area (Å²) in [5, 5.41) is 3.45. The van der Waals surface area contributed by atoms with Crippen molar-refractivity contribution in [1.29, 1.82) is 0 Å². The number of hydrogen-bond acceptors (Lipinski definition) is 2. The SMILES string of the molecule is CCC(C)CNCC(C)(N)c1ccccc1. The molecule has 0 aliphatic heterocycles. The highest BCUT2D eigenvalue weighted by Gasteiger charge is 2.20. The van der Waals surface area contributed by atoms with Gasteiger partial charge in [-0.15, -0.1) is 0 Å². The molecule has 0 bridgehead atoms. The lowest BCUT2D eigenvalue weighted by Gasteiger charge is -2.26. The first-order valence-electron chi connectivity index (χ1n) is 6.11. The topological polar surface area (TPSA) is 38.0 Å². The van der Waals surface area contributed by atoms with Gasteiger partial charge in [-0.05, 0) is 24.9 Å². The largest absolute Gasteiger partial charge is 0.321 e. The van der Waals surface area contributed by atoms with Crippen LogP contribution in [0.2, 0.25) is 0 Å². The Balaban J connectivity index is 2.46. The molecule has 3 N–H and O–H groups in total. The lowest BCUT2D eigenvalue weighted by molar-refractivity contribution is 0.412. The minimum atomic E-state index is -0.283. The molecular weight excluding hydrogens is 196 g/mol. The highest BCUT2D eigenvalue weighted by atomic mass is 14.9. The van der Waals surface area contributed by atoms with Crippen LogP contribution < -0.4 is 11.1 Å². The Morgan fingerprint density at radius 2 is 1.94 bits per heavy atom. The highest BCUT2D eigenvalue weighted by molar-refractivity contribution is 5.23. The lowest BCUT2D eigenvalue weighted by atomic mass is 9.93. The fourth-order valence-electron chi connectivity index (χ4n) is 1.64. The normalized spacial score (nSPS) is 16.8. The van der Waals surface area contributed by atoms with Gasteiger partial charge >= 0.3 is 0 Å². The molecule has 16 heavy (non-hydrogen) atoms. The zero-order valence-corrected chi connectivity index (χ0v) is 10.7. The van der Waals surface area contributed by atoms with Gasteiger partial charge in [0.25, 0.3) is 0 Å². The van der Waals surface area contributed by atoms with Crippen molar-refractivity contribution in [2.45, 2.75) is 32.7 Å². The van der Waals surface area contributed by atoms with Gasteiger partial charge in [-0.1, -0.05) is 50.6 Å². The number of nitrogens with two attached hydrogens (primary N) is 1. The first-order valence-corrected chi connectivity index (χ1v) is 6.11. The molecule has 0 aromatic heterocycles. The van der Waals surface area contributed by atoms with E-state index in [1.165, 1.54) is 12.0 Å². The molecule has 0 spiro atoms. The molecule has 1 aromatic rings. The lowest BCUT2D eigenvalue weighted by Crippen LogP contribution is -2.44. The van der Waals surface area contributed by atoms with Crippen LogP contribution in [0.15, 0.2) is 30.3 Å². The van der Waals surface area contributed by atoms with Crippen molar-refractivity contribution in [3.8, 4) is 0 Å². The minimum absolute atomic E-state index is 0.283. The Hall–Kier alpha value is -0.860. The number of benzene rings is 1. The standard InChI is InChI=1S/C14H24N2/c1-4-12(2)10-16-11-14(3,15)13-8-6-5-7-9-13/h5-9,12,16H,4,10-11,15H2,1-3H3. The average molecular weight is 220 g/mol. The van der Waals surface area contributed by atoms with Crippen molar-refractivity contribution in [1.82, 2.24) is 5.32 Å². The van der Waals surface area contributed by atoms with Gasteiger partial charge < -0.3 is 11.1 Å². The Morgan fingerprint density at radius 1 is 1.31 bits per heavy atom. The molecule has 2 unspecified atom stereocenters. The molecular formula is C14H24N2. The van der Waals surface area contributed by atoms with Crippen LogP contribution in [-0.4, -0.2) is 13.1 Å². The maximum Gasteiger partial charge on any atom is 0.0507 e. The molecule has 0 saturated carbocycles. The predicted octanol–water partition coefficient (Wildman–Crippen LogP) is 2.50. The van der Waals surface area contributed by atoms with Crippen LogP contribution in [0.3, 0.4) is 0 Å². The van der Waals surface area contributed by atoms with E-state index < -0.39 is 0 Å². The van der Waals surface area contributed by atoms with Crippen LogP contribution in [0.25, 0.3) is 0 Å². The number of hydrogen-bond donors (Lipinski definition) is 2. The van der Waals surface area contributed by atoms with Crippen LogP contribution in [0.1, 0.15) is 32.8 Å². The van der Waals surface area contributed by atoms with E-state index in [0.717, 1.165) is 13.1 Å². The van der Waals surface area contributed by atoms with Crippen molar-refractivity contribution in [3.63, 3.8) is 0 Å². The Bertz CT molecular complexity index is 293. The third-order valence-corrected chi connectivity index (χ3v) is 3.12. The van der Waals surface area contributed by atoms with Gasteiger partial charge in [0.05, 0.1) is 5.54 Å². The van der Waals surface area contributed by atoms with Gasteiger partial charge in [-0.2, -0.15) is 0 Å². The molecule has 0 radical (unpaired) electrons. The summed E-state index contributed by atoms with van der Waals surface area (Å²) in [6.45, 7) is 8.40. The van der Waals surface area contributed by atoms with Gasteiger partial charge in [-0.3, -0.25) is 0 Å². The van der Waals surface area contributed by atoms with Crippen molar-refractivity contribution in [3.05, 3.63) is 35.9 Å². The smallest absolute Gasteiger partial charge is 0.0507 e. The summed E-state index contributed by atoms with van der Waals surface area (Å²) in [5.74, 6) is 0.714. The predicted molar refractivity (Wildman–Crippen MR) is 70.3 cm³/mol. The third-order valence-electron chi connectivity index (χ3n) is 3.12. The van der Waals surface area contributed by atoms with E-state index in [-0.39, 0.29) is 5.54 Å². The first kappa shape index (κ1) is 13.2. The molecule has 1 rings (SSSR count). The quantitative estimate of drug-likeness (QED) is 0.773. The molecule has 0 saturated heterocycles. The molecule has 0 amide bonds. The van der Waals surface area contributed by atoms with Crippen LogP contribution in [0.4, 0.5) is 0 Å². The second kappa shape index (κ2) is 6.02. The van der Waals surface area contributed by atoms with Crippen LogP contribution in [-0.2, 0) is 5.54 Å². The van der Waals surface area contributed by atoms with Crippen LogP contribution in [0.5, 0.6) is 0 Å². The average Bonchev–Trinajstić information content (AvgIpc) is 2.30. The molecule has 0 aliphatic rings. The summed E-state index contributed by atoms with van der Waals surface area (Å²) in [5.41, 5.74) is 7.21. The summed E-state index contributed by atoms with van der Waals surface area (Å²) < 4.78 is 0. The van der Waals surface area contributed by atoms with Gasteiger partial charge in [0, 0.05) is 6.54 Å². The molecule has 0 heterocycles. The van der Waals surface area contributed by atoms with Gasteiger partial charge in [0.1, 0.15) is 0 Å². The van der Waals surface area contributed by atoms with E-state index in [1.807, 2.05) is 18.2 Å². The number of rotatable bonds is 6. The van der Waals surface area contributed by atoms with E-state index >= 15 is 0 Å². The summed E-state index contributed by atoms with van der Waals surface area (Å²) in [4.78, 5) is 0. The Labute approximate surface area is 99.2 Å². The molecule has 90 valence electrons. The summed E-state index contributed by atoms with van der Waals surface area (Å²) in [6, 6.07) is 10.3. The molecule has 1 aromatic carbocycles. The van der Waals surface area contributed by atoms with E-state index in [9.17, 15) is 0 Å². The maximum absolute atomic E-state index is 6.30. The Kier molecular flexibility index (Phi) is 4.97. The van der Waals surface area contributed by atoms with E-state index in [0.29, 0.717) is 5.92 Å². The van der Waals surface area contributed by atoms with Crippen molar-refractivity contribution < 1.29 is 0 Å². The number of nitrogens with one attached hydrogen (secondary N) is 1. The molecule has 2 atom stereocenters. The van der Waals surface area contributed by atoms with Gasteiger partial charge in [-0.25, -0.2) is 0 Å². The molecule has 0 fully saturated rings. The second-order valence-electron chi connectivity index (χ2n) is 4.93. The summed E-state index contributed by atoms with van der Waals surface area (Å²) in [6.07, 6.45) is 1.21. The van der Waals surface area contributed by atoms with Crippen molar-refractivity contribution in [2.75, 3.05) is 13.1 Å². The zero-order valence-electron chi connectivity index (χ0n) is 10.7. The van der Waals surface area contributed by atoms with Crippen LogP contribution in [0, 0.1) is 5.92 Å². The third kappa shape index (κ3) is 3.95. The summed E-state index contributed by atoms with van der Waals surface area (Å²) >= 11 is 0. The first-order chi connectivity index (χ1) is 7.56.